The summed E-state index contributed by atoms with van der Waals surface area (Å²) in [7, 11) is 0. The van der Waals surface area contributed by atoms with Gasteiger partial charge in [-0.05, 0) is 73.0 Å². The van der Waals surface area contributed by atoms with Crippen LogP contribution in [0.3, 0.4) is 0 Å². The molecule has 0 bridgehead atoms. The summed E-state index contributed by atoms with van der Waals surface area (Å²) >= 11 is 0. The smallest absolute Gasteiger partial charge is 0.265 e. The maximum atomic E-state index is 13.1. The van der Waals surface area contributed by atoms with Crippen LogP contribution >= 0.6 is 0 Å². The Morgan fingerprint density at radius 2 is 1.97 bits per heavy atom. The number of hydrogen-bond donors (Lipinski definition) is 3. The molecule has 33 heavy (non-hydrogen) atoms. The number of benzene rings is 2. The van der Waals surface area contributed by atoms with Crippen LogP contribution in [0.15, 0.2) is 54.7 Å². The van der Waals surface area contributed by atoms with E-state index >= 15 is 0 Å². The average molecular weight is 446 g/mol. The first-order valence-corrected chi connectivity index (χ1v) is 11.5. The number of carbonyl (C=O) groups is 1. The van der Waals surface area contributed by atoms with Gasteiger partial charge in [-0.2, -0.15) is 0 Å². The highest BCUT2D eigenvalue weighted by molar-refractivity contribution is 5.97. The molecule has 1 aromatic heterocycles. The molecule has 7 heteroatoms. The van der Waals surface area contributed by atoms with Gasteiger partial charge in [-0.1, -0.05) is 19.9 Å². The van der Waals surface area contributed by atoms with Crippen LogP contribution in [0.1, 0.15) is 39.5 Å². The molecule has 0 spiro atoms. The number of piperidine rings is 1. The van der Waals surface area contributed by atoms with E-state index in [1.165, 1.54) is 0 Å². The number of nitrogens with one attached hydrogen (secondary N) is 2. The first-order chi connectivity index (χ1) is 15.9. The normalized spacial score (nSPS) is 15.0. The van der Waals surface area contributed by atoms with Crippen molar-refractivity contribution in [3.05, 3.63) is 54.7 Å². The fourth-order valence-corrected chi connectivity index (χ4v) is 4.11. The minimum absolute atomic E-state index is 0.193. The van der Waals surface area contributed by atoms with Gasteiger partial charge >= 0.3 is 0 Å². The molecule has 1 aliphatic heterocycles. The number of ether oxygens (including phenoxy) is 1. The van der Waals surface area contributed by atoms with Crippen molar-refractivity contribution in [3.8, 4) is 5.75 Å². The number of nitrogens with two attached hydrogens (primary N) is 1. The second kappa shape index (κ2) is 9.90. The number of aromatic nitrogens is 1. The monoisotopic (exact) mass is 445 g/mol. The van der Waals surface area contributed by atoms with Gasteiger partial charge < -0.3 is 20.7 Å². The van der Waals surface area contributed by atoms with Gasteiger partial charge in [-0.25, -0.2) is 4.98 Å². The Balaban J connectivity index is 1.47. The van der Waals surface area contributed by atoms with Gasteiger partial charge in [0.05, 0.1) is 0 Å². The highest BCUT2D eigenvalue weighted by atomic mass is 16.5. The lowest BCUT2D eigenvalue weighted by Gasteiger charge is -2.29. The number of carbonyl (C=O) groups excluding carboxylic acids is 1. The van der Waals surface area contributed by atoms with Crippen molar-refractivity contribution in [3.63, 3.8) is 0 Å². The minimum Gasteiger partial charge on any atom is -0.481 e. The molecule has 0 aliphatic carbocycles. The molecule has 1 saturated heterocycles. The lowest BCUT2D eigenvalue weighted by molar-refractivity contribution is -0.123. The van der Waals surface area contributed by atoms with Gasteiger partial charge in [-0.15, -0.1) is 0 Å². The van der Waals surface area contributed by atoms with E-state index in [1.807, 2.05) is 53.4 Å². The van der Waals surface area contributed by atoms with Crippen LogP contribution < -0.4 is 20.7 Å². The third kappa shape index (κ3) is 5.42. The molecule has 2 heterocycles. The van der Waals surface area contributed by atoms with E-state index in [9.17, 15) is 4.79 Å². The quantitative estimate of drug-likeness (QED) is 0.463. The Kier molecular flexibility index (Phi) is 6.77. The molecule has 172 valence electrons. The molecule has 0 radical (unpaired) electrons. The predicted molar refractivity (Wildman–Crippen MR) is 134 cm³/mol. The van der Waals surface area contributed by atoms with E-state index in [1.54, 1.807) is 6.20 Å². The Morgan fingerprint density at radius 1 is 1.18 bits per heavy atom. The molecule has 2 aromatic carbocycles. The summed E-state index contributed by atoms with van der Waals surface area (Å²) in [5.74, 6) is 1.75. The van der Waals surface area contributed by atoms with E-state index in [2.05, 4.69) is 24.1 Å². The summed E-state index contributed by atoms with van der Waals surface area (Å²) < 4.78 is 6.12. The molecular formula is C26H31N5O2. The lowest BCUT2D eigenvalue weighted by Crippen LogP contribution is -2.35. The van der Waals surface area contributed by atoms with Crippen molar-refractivity contribution < 1.29 is 9.53 Å². The number of amidine groups is 1. The van der Waals surface area contributed by atoms with Gasteiger partial charge in [-0.3, -0.25) is 10.2 Å². The Hall–Kier alpha value is -3.61. The van der Waals surface area contributed by atoms with E-state index in [0.717, 1.165) is 42.3 Å². The fraction of sp³-hybridized carbons (Fsp3) is 0.346. The molecule has 4 rings (SSSR count). The number of nitrogens with zero attached hydrogens (tertiary/aromatic N) is 2. The topological polar surface area (TPSA) is 104 Å². The summed E-state index contributed by atoms with van der Waals surface area (Å²) in [5.41, 5.74) is 7.70. The highest BCUT2D eigenvalue weighted by Crippen LogP contribution is 2.27. The zero-order chi connectivity index (χ0) is 23.4. The minimum atomic E-state index is -0.643. The molecule has 1 aliphatic rings. The van der Waals surface area contributed by atoms with Crippen molar-refractivity contribution in [2.75, 3.05) is 22.5 Å². The van der Waals surface area contributed by atoms with Crippen LogP contribution in [0.25, 0.3) is 10.8 Å². The largest absolute Gasteiger partial charge is 0.481 e. The van der Waals surface area contributed by atoms with Gasteiger partial charge in [0, 0.05) is 35.9 Å². The van der Waals surface area contributed by atoms with Crippen molar-refractivity contribution in [1.82, 2.24) is 4.98 Å². The second-order valence-corrected chi connectivity index (χ2v) is 8.91. The Bertz CT molecular complexity index is 1140. The molecule has 0 saturated carbocycles. The van der Waals surface area contributed by atoms with Gasteiger partial charge in [0.2, 0.25) is 0 Å². The summed E-state index contributed by atoms with van der Waals surface area (Å²) in [5, 5.41) is 12.9. The van der Waals surface area contributed by atoms with E-state index in [0.29, 0.717) is 29.5 Å². The Labute approximate surface area is 194 Å². The second-order valence-electron chi connectivity index (χ2n) is 8.91. The van der Waals surface area contributed by atoms with Crippen LogP contribution in [0, 0.1) is 11.3 Å². The van der Waals surface area contributed by atoms with Gasteiger partial charge in [0.25, 0.3) is 5.91 Å². The van der Waals surface area contributed by atoms with E-state index < -0.39 is 6.10 Å². The zero-order valence-electron chi connectivity index (χ0n) is 19.2. The maximum Gasteiger partial charge on any atom is 0.265 e. The van der Waals surface area contributed by atoms with Gasteiger partial charge in [0.15, 0.2) is 6.10 Å². The van der Waals surface area contributed by atoms with Crippen molar-refractivity contribution in [2.24, 2.45) is 5.92 Å². The standard InChI is InChI=1S/C26H31N5O2/c1-17(2)15-23(33-21-11-6-18-12-13-29-25(28)22(18)16-21)26(32)30-19-7-9-20(10-8-19)31-14-4-3-5-24(31)27/h6-13,16-17,23,27H,3-5,14-15H2,1-2H3,(H2,28,29)(H,30,32). The first kappa shape index (κ1) is 22.6. The molecular weight excluding hydrogens is 414 g/mol. The van der Waals surface area contributed by atoms with E-state index in [-0.39, 0.29) is 11.8 Å². The number of hydrogen-bond acceptors (Lipinski definition) is 5. The number of amides is 1. The van der Waals surface area contributed by atoms with Crippen LogP contribution in [0.2, 0.25) is 0 Å². The summed E-state index contributed by atoms with van der Waals surface area (Å²) in [6.45, 7) is 4.99. The van der Waals surface area contributed by atoms with Crippen molar-refractivity contribution >= 4 is 39.7 Å². The third-order valence-electron chi connectivity index (χ3n) is 5.84. The van der Waals surface area contributed by atoms with Crippen molar-refractivity contribution in [1.29, 1.82) is 5.41 Å². The fourth-order valence-electron chi connectivity index (χ4n) is 4.11. The summed E-state index contributed by atoms with van der Waals surface area (Å²) in [4.78, 5) is 19.3. The molecule has 1 atom stereocenters. The molecule has 7 nitrogen and oxygen atoms in total. The van der Waals surface area contributed by atoms with Crippen LogP contribution in [-0.2, 0) is 4.79 Å². The lowest BCUT2D eigenvalue weighted by atomic mass is 10.0. The SMILES string of the molecule is CC(C)CC(Oc1ccc2ccnc(N)c2c1)C(=O)Nc1ccc(N2CCCCC2=N)cc1. The molecule has 4 N–H and O–H groups in total. The zero-order valence-corrected chi connectivity index (χ0v) is 19.2. The number of pyridine rings is 1. The molecule has 1 unspecified atom stereocenters. The maximum absolute atomic E-state index is 13.1. The number of fused-ring (bicyclic) bond motifs is 1. The first-order valence-electron chi connectivity index (χ1n) is 11.5. The molecule has 3 aromatic rings. The third-order valence-corrected chi connectivity index (χ3v) is 5.84. The van der Waals surface area contributed by atoms with Crippen LogP contribution in [0.5, 0.6) is 5.75 Å². The number of nitrogen functional groups attached to an aromatic ring is 1. The predicted octanol–water partition coefficient (Wildman–Crippen LogP) is 5.22. The summed E-state index contributed by atoms with van der Waals surface area (Å²) in [6.07, 6.45) is 4.58. The highest BCUT2D eigenvalue weighted by Gasteiger charge is 2.23. The molecule has 1 fully saturated rings. The van der Waals surface area contributed by atoms with Gasteiger partial charge in [0.1, 0.15) is 17.4 Å². The average Bonchev–Trinajstić information content (AvgIpc) is 2.80. The number of anilines is 3. The van der Waals surface area contributed by atoms with E-state index in [4.69, 9.17) is 15.9 Å². The Morgan fingerprint density at radius 3 is 2.70 bits per heavy atom. The molecule has 1 amide bonds. The summed E-state index contributed by atoms with van der Waals surface area (Å²) in [6, 6.07) is 15.2. The van der Waals surface area contributed by atoms with Crippen LogP contribution in [0.4, 0.5) is 17.2 Å². The van der Waals surface area contributed by atoms with Crippen LogP contribution in [-0.4, -0.2) is 29.4 Å². The van der Waals surface area contributed by atoms with Crippen molar-refractivity contribution in [2.45, 2.75) is 45.6 Å². The number of rotatable bonds is 7.